The van der Waals surface area contributed by atoms with Crippen molar-refractivity contribution in [2.75, 3.05) is 0 Å². The molecule has 1 N–H and O–H groups in total. The van der Waals surface area contributed by atoms with Gasteiger partial charge < -0.3 is 4.74 Å². The minimum atomic E-state index is -2.23. The predicted octanol–water partition coefficient (Wildman–Crippen LogP) is 4.08. The molecule has 0 aliphatic carbocycles. The van der Waals surface area contributed by atoms with Gasteiger partial charge in [-0.15, -0.1) is 0 Å². The molecule has 6 heteroatoms. The van der Waals surface area contributed by atoms with Crippen molar-refractivity contribution >= 4 is 14.1 Å². The van der Waals surface area contributed by atoms with Crippen molar-refractivity contribution in [1.82, 2.24) is 5.09 Å². The van der Waals surface area contributed by atoms with E-state index in [9.17, 15) is 9.36 Å². The quantitative estimate of drug-likeness (QED) is 0.576. The van der Waals surface area contributed by atoms with Gasteiger partial charge in [0.1, 0.15) is 6.61 Å². The average molecular weight is 346 g/mol. The minimum Gasteiger partial charge on any atom is -0.460 e. The molecule has 0 aliphatic rings. The van der Waals surface area contributed by atoms with E-state index in [2.05, 4.69) is 5.09 Å². The lowest BCUT2D eigenvalue weighted by Crippen LogP contribution is -2.39. The molecule has 2 aromatic carbocycles. The Morgan fingerprint density at radius 1 is 1.04 bits per heavy atom. The molecule has 126 valence electrons. The maximum atomic E-state index is 12.3. The highest BCUT2D eigenvalue weighted by molar-refractivity contribution is 7.37. The Bertz CT molecular complexity index is 661. The molecule has 0 radical (unpaired) electrons. The third-order valence-electron chi connectivity index (χ3n) is 3.32. The third-order valence-corrected chi connectivity index (χ3v) is 4.19. The Morgan fingerprint density at radius 3 is 2.21 bits per heavy atom. The Kier molecular flexibility index (Phi) is 6.91. The topological polar surface area (TPSA) is 64.6 Å². The zero-order chi connectivity index (χ0) is 17.4. The molecule has 2 rings (SSSR count). The summed E-state index contributed by atoms with van der Waals surface area (Å²) in [6.45, 7) is 3.89. The summed E-state index contributed by atoms with van der Waals surface area (Å²) in [5.74, 6) is -0.0632. The van der Waals surface area contributed by atoms with E-state index >= 15 is 0 Å². The number of benzene rings is 2. The summed E-state index contributed by atoms with van der Waals surface area (Å²) in [5, 5.41) is 2.71. The highest BCUT2D eigenvalue weighted by Crippen LogP contribution is 2.25. The Hall–Kier alpha value is -2.23. The molecule has 0 heterocycles. The van der Waals surface area contributed by atoms with Crippen LogP contribution in [0, 0.1) is 5.92 Å². The second-order valence-corrected chi connectivity index (χ2v) is 6.56. The van der Waals surface area contributed by atoms with Crippen molar-refractivity contribution in [1.29, 1.82) is 0 Å². The van der Waals surface area contributed by atoms with Crippen LogP contribution in [0.25, 0.3) is 0 Å². The first-order chi connectivity index (χ1) is 11.6. The lowest BCUT2D eigenvalue weighted by Gasteiger charge is -2.15. The van der Waals surface area contributed by atoms with Gasteiger partial charge in [0.2, 0.25) is 0 Å². The molecule has 5 nitrogen and oxygen atoms in total. The van der Waals surface area contributed by atoms with Crippen molar-refractivity contribution < 1.29 is 18.6 Å². The third kappa shape index (κ3) is 5.76. The molecular formula is C18H21NO4P+. The molecular weight excluding hydrogens is 325 g/mol. The zero-order valence-corrected chi connectivity index (χ0v) is 14.6. The molecule has 0 amide bonds. The molecule has 0 fully saturated rings. The van der Waals surface area contributed by atoms with Crippen LogP contribution in [0.2, 0.25) is 0 Å². The summed E-state index contributed by atoms with van der Waals surface area (Å²) in [6.07, 6.45) is 0. The molecule has 2 unspecified atom stereocenters. The average Bonchev–Trinajstić information content (AvgIpc) is 2.59. The highest BCUT2D eigenvalue weighted by atomic mass is 31.1. The Morgan fingerprint density at radius 2 is 1.62 bits per heavy atom. The van der Waals surface area contributed by atoms with E-state index in [4.69, 9.17) is 9.26 Å². The van der Waals surface area contributed by atoms with Gasteiger partial charge in [-0.1, -0.05) is 67.5 Å². The molecule has 0 saturated carbocycles. The number of rotatable bonds is 8. The van der Waals surface area contributed by atoms with Gasteiger partial charge in [0.05, 0.1) is 0 Å². The first-order valence-corrected chi connectivity index (χ1v) is 8.91. The monoisotopic (exact) mass is 346 g/mol. The number of esters is 1. The molecule has 0 saturated heterocycles. The zero-order valence-electron chi connectivity index (χ0n) is 13.7. The van der Waals surface area contributed by atoms with E-state index in [0.717, 1.165) is 5.56 Å². The number of para-hydroxylation sites is 1. The Balaban J connectivity index is 1.90. The number of nitrogens with one attached hydrogen (secondary N) is 1. The van der Waals surface area contributed by atoms with Gasteiger partial charge in [-0.3, -0.25) is 4.79 Å². The largest absolute Gasteiger partial charge is 0.664 e. The molecule has 0 spiro atoms. The summed E-state index contributed by atoms with van der Waals surface area (Å²) in [4.78, 5) is 12.3. The number of carbonyl (C=O) groups is 1. The first-order valence-electron chi connectivity index (χ1n) is 7.73. The van der Waals surface area contributed by atoms with Crippen LogP contribution >= 0.6 is 8.18 Å². The number of ether oxygens (including phenoxy) is 1. The van der Waals surface area contributed by atoms with Crippen molar-refractivity contribution in [2.24, 2.45) is 5.92 Å². The molecule has 0 bridgehead atoms. The fourth-order valence-corrected chi connectivity index (χ4v) is 3.01. The van der Waals surface area contributed by atoms with Crippen LogP contribution in [0.1, 0.15) is 19.4 Å². The fraction of sp³-hybridized carbons (Fsp3) is 0.278. The second kappa shape index (κ2) is 9.16. The van der Waals surface area contributed by atoms with Crippen molar-refractivity contribution in [3.8, 4) is 5.75 Å². The van der Waals surface area contributed by atoms with E-state index < -0.39 is 20.2 Å². The van der Waals surface area contributed by atoms with E-state index in [-0.39, 0.29) is 12.5 Å². The van der Waals surface area contributed by atoms with Crippen LogP contribution < -0.4 is 9.61 Å². The van der Waals surface area contributed by atoms with Crippen LogP contribution in [-0.4, -0.2) is 12.0 Å². The lowest BCUT2D eigenvalue weighted by molar-refractivity contribution is -0.148. The number of hydrogen-bond acceptors (Lipinski definition) is 4. The van der Waals surface area contributed by atoms with Gasteiger partial charge in [0.15, 0.2) is 11.8 Å². The van der Waals surface area contributed by atoms with Crippen LogP contribution in [0.15, 0.2) is 60.7 Å². The Labute approximate surface area is 142 Å². The van der Waals surface area contributed by atoms with Crippen molar-refractivity contribution in [3.63, 3.8) is 0 Å². The second-order valence-electron chi connectivity index (χ2n) is 5.61. The van der Waals surface area contributed by atoms with Gasteiger partial charge >= 0.3 is 14.1 Å². The maximum absolute atomic E-state index is 12.3. The van der Waals surface area contributed by atoms with Crippen LogP contribution in [0.3, 0.4) is 0 Å². The van der Waals surface area contributed by atoms with Gasteiger partial charge in [0.25, 0.3) is 0 Å². The lowest BCUT2D eigenvalue weighted by atomic mass is 10.1. The molecule has 2 aromatic rings. The van der Waals surface area contributed by atoms with Gasteiger partial charge in [-0.05, 0) is 23.6 Å². The summed E-state index contributed by atoms with van der Waals surface area (Å²) >= 11 is 0. The maximum Gasteiger partial charge on any atom is 0.664 e. The van der Waals surface area contributed by atoms with Crippen molar-refractivity contribution in [2.45, 2.75) is 26.5 Å². The number of carbonyl (C=O) groups excluding carboxylic acids is 1. The standard InChI is InChI=1S/C18H21NO4P/c1-14(2)17(18(20)22-13-15-9-5-3-6-10-15)19-24(21)23-16-11-7-4-8-12-16/h3-12,14,17H,13H2,1-2H3,(H,19,21)/q+1. The van der Waals surface area contributed by atoms with Crippen molar-refractivity contribution in [3.05, 3.63) is 66.2 Å². The van der Waals surface area contributed by atoms with Crippen LogP contribution in [0.4, 0.5) is 0 Å². The van der Waals surface area contributed by atoms with E-state index in [1.54, 1.807) is 24.3 Å². The van der Waals surface area contributed by atoms with Gasteiger partial charge in [-0.2, -0.15) is 0 Å². The summed E-state index contributed by atoms with van der Waals surface area (Å²) < 4.78 is 22.7. The van der Waals surface area contributed by atoms with Gasteiger partial charge in [-0.25, -0.2) is 4.52 Å². The summed E-state index contributed by atoms with van der Waals surface area (Å²) in [5.41, 5.74) is 0.901. The van der Waals surface area contributed by atoms with E-state index in [0.29, 0.717) is 5.75 Å². The molecule has 2 atom stereocenters. The SMILES string of the molecule is CC(C)C(N[P+](=O)Oc1ccccc1)C(=O)OCc1ccccc1. The van der Waals surface area contributed by atoms with Gasteiger partial charge in [0, 0.05) is 4.57 Å². The fourth-order valence-electron chi connectivity index (χ4n) is 2.01. The smallest absolute Gasteiger partial charge is 0.460 e. The highest BCUT2D eigenvalue weighted by Gasteiger charge is 2.34. The molecule has 0 aromatic heterocycles. The molecule has 24 heavy (non-hydrogen) atoms. The van der Waals surface area contributed by atoms with Crippen LogP contribution in [-0.2, 0) is 20.7 Å². The van der Waals surface area contributed by atoms with Crippen LogP contribution in [0.5, 0.6) is 5.75 Å². The molecule has 0 aliphatic heterocycles. The predicted molar refractivity (Wildman–Crippen MR) is 92.7 cm³/mol. The summed E-state index contributed by atoms with van der Waals surface area (Å²) in [6, 6.07) is 17.5. The summed E-state index contributed by atoms with van der Waals surface area (Å²) in [7, 11) is -2.23. The van der Waals surface area contributed by atoms with E-state index in [1.807, 2.05) is 50.2 Å². The number of hydrogen-bond donors (Lipinski definition) is 1. The first kappa shape index (κ1) is 18.1. The normalized spacial score (nSPS) is 12.5. The minimum absolute atomic E-state index is 0.0911. The van der Waals surface area contributed by atoms with E-state index in [1.165, 1.54) is 0 Å².